The smallest absolute Gasteiger partial charge is 0.343 e. The highest BCUT2D eigenvalue weighted by Crippen LogP contribution is 2.37. The molecule has 1 radical (unpaired) electrons. The minimum atomic E-state index is -0.830. The fraction of sp³-hybridized carbons (Fsp3) is 0.389. The van der Waals surface area contributed by atoms with Crippen LogP contribution in [0.15, 0.2) is 131 Å². The number of fused-ring (bicyclic) bond motifs is 1. The highest BCUT2D eigenvalue weighted by molar-refractivity contribution is 5.97. The van der Waals surface area contributed by atoms with Crippen LogP contribution in [0.25, 0.3) is 10.8 Å². The van der Waals surface area contributed by atoms with Crippen molar-refractivity contribution < 1.29 is 38.5 Å². The van der Waals surface area contributed by atoms with Crippen LogP contribution >= 0.6 is 0 Å². The summed E-state index contributed by atoms with van der Waals surface area (Å²) < 4.78 is 22.9. The summed E-state index contributed by atoms with van der Waals surface area (Å²) in [5.74, 6) is 0.0584. The van der Waals surface area contributed by atoms with E-state index >= 15 is 0 Å². The normalized spacial score (nSPS) is 14.5. The highest BCUT2D eigenvalue weighted by atomic mass is 16.5. The summed E-state index contributed by atoms with van der Waals surface area (Å²) in [6.07, 6.45) is 17.7. The number of carbonyl (C=O) groups is 3. The van der Waals surface area contributed by atoms with E-state index in [0.717, 1.165) is 22.6 Å². The van der Waals surface area contributed by atoms with E-state index < -0.39 is 29.0 Å². The molecule has 1 heterocycles. The summed E-state index contributed by atoms with van der Waals surface area (Å²) in [5, 5.41) is 23.8. The van der Waals surface area contributed by atoms with Gasteiger partial charge in [0.1, 0.15) is 23.0 Å². The minimum absolute atomic E-state index is 0.238. The second-order valence-corrected chi connectivity index (χ2v) is 17.9. The molecule has 65 heavy (non-hydrogen) atoms. The maximum absolute atomic E-state index is 13.2. The predicted molar refractivity (Wildman–Crippen MR) is 253 cm³/mol. The number of esters is 3. The Morgan fingerprint density at radius 1 is 0.523 bits per heavy atom. The van der Waals surface area contributed by atoms with E-state index in [1.807, 2.05) is 38.1 Å². The number of nitrogens with zero attached hydrogens (tertiary/aromatic N) is 3. The first kappa shape index (κ1) is 48.3. The molecule has 1 aliphatic rings. The van der Waals surface area contributed by atoms with Gasteiger partial charge in [-0.25, -0.2) is 14.4 Å². The van der Waals surface area contributed by atoms with Gasteiger partial charge < -0.3 is 18.9 Å². The van der Waals surface area contributed by atoms with Crippen molar-refractivity contribution in [2.24, 2.45) is 10.2 Å². The Morgan fingerprint density at radius 2 is 0.985 bits per heavy atom. The number of hydroxylamine groups is 2. The van der Waals surface area contributed by atoms with Crippen LogP contribution < -0.4 is 14.2 Å². The molecule has 0 aromatic heterocycles. The van der Waals surface area contributed by atoms with Gasteiger partial charge in [0.05, 0.1) is 45.7 Å². The van der Waals surface area contributed by atoms with Gasteiger partial charge in [-0.15, -0.1) is 10.3 Å². The van der Waals surface area contributed by atoms with Gasteiger partial charge in [0, 0.05) is 6.42 Å². The zero-order chi connectivity index (χ0) is 46.2. The highest BCUT2D eigenvalue weighted by Gasteiger charge is 2.43. The second kappa shape index (κ2) is 23.1. The number of ether oxygens (including phenoxy) is 4. The number of unbranched alkanes of at least 4 members (excludes halogenated alkanes) is 11. The monoisotopic (exact) mass is 880 g/mol. The Labute approximate surface area is 383 Å². The molecule has 5 aromatic rings. The van der Waals surface area contributed by atoms with Crippen molar-refractivity contribution in [1.82, 2.24) is 5.06 Å². The third-order valence-corrected chi connectivity index (χ3v) is 11.5. The molecule has 0 spiro atoms. The van der Waals surface area contributed by atoms with E-state index in [4.69, 9.17) is 18.9 Å². The molecule has 0 fully saturated rings. The maximum Gasteiger partial charge on any atom is 0.343 e. The largest absolute Gasteiger partial charge is 0.494 e. The Kier molecular flexibility index (Phi) is 17.2. The van der Waals surface area contributed by atoms with Crippen molar-refractivity contribution in [2.75, 3.05) is 6.61 Å². The molecule has 0 amide bonds. The van der Waals surface area contributed by atoms with Crippen molar-refractivity contribution in [1.29, 1.82) is 0 Å². The van der Waals surface area contributed by atoms with E-state index in [1.165, 1.54) is 94.9 Å². The zero-order valence-corrected chi connectivity index (χ0v) is 38.5. The number of hydrogen-bond acceptors (Lipinski definition) is 10. The van der Waals surface area contributed by atoms with Gasteiger partial charge in [0.15, 0.2) is 0 Å². The van der Waals surface area contributed by atoms with Gasteiger partial charge in [-0.1, -0.05) is 89.7 Å². The number of benzene rings is 5. The van der Waals surface area contributed by atoms with Crippen molar-refractivity contribution in [3.05, 3.63) is 138 Å². The van der Waals surface area contributed by atoms with Gasteiger partial charge >= 0.3 is 17.9 Å². The van der Waals surface area contributed by atoms with E-state index in [9.17, 15) is 19.6 Å². The molecule has 6 rings (SSSR count). The SMILES string of the molecule is CCCCCCCCCCCCCCOc1ccc(N=Nc2ccc(C(=O)Oc3ccc4ccc(C(=O)Oc5ccc(C(=O)OC6=CC(C)(C)N([O])C(C)(C)C6)cc5)cc4c3)cc2)cc1. The summed E-state index contributed by atoms with van der Waals surface area (Å²) in [5.41, 5.74) is 0.591. The van der Waals surface area contributed by atoms with E-state index in [-0.39, 0.29) is 23.3 Å². The van der Waals surface area contributed by atoms with Crippen molar-refractivity contribution in [3.63, 3.8) is 0 Å². The number of carbonyl (C=O) groups excluding carboxylic acids is 3. The Balaban J connectivity index is 0.929. The first-order chi connectivity index (χ1) is 31.3. The predicted octanol–water partition coefficient (Wildman–Crippen LogP) is 14.4. The van der Waals surface area contributed by atoms with Crippen LogP contribution in [0.3, 0.4) is 0 Å². The molecule has 0 aliphatic carbocycles. The first-order valence-electron chi connectivity index (χ1n) is 23.0. The van der Waals surface area contributed by atoms with Crippen LogP contribution in [0, 0.1) is 0 Å². The fourth-order valence-corrected chi connectivity index (χ4v) is 7.95. The lowest BCUT2D eigenvalue weighted by molar-refractivity contribution is -0.265. The minimum Gasteiger partial charge on any atom is -0.494 e. The zero-order valence-electron chi connectivity index (χ0n) is 38.5. The molecule has 341 valence electrons. The molecular weight excluding hydrogens is 819 g/mol. The van der Waals surface area contributed by atoms with E-state index in [0.29, 0.717) is 40.4 Å². The Morgan fingerprint density at radius 3 is 1.58 bits per heavy atom. The summed E-state index contributed by atoms with van der Waals surface area (Å²) in [7, 11) is 0. The van der Waals surface area contributed by atoms with Gasteiger partial charge in [-0.2, -0.15) is 10.2 Å². The molecule has 1 aliphatic heterocycles. The van der Waals surface area contributed by atoms with Gasteiger partial charge in [0.2, 0.25) is 0 Å². The maximum atomic E-state index is 13.2. The lowest BCUT2D eigenvalue weighted by Crippen LogP contribution is -2.54. The molecule has 5 aromatic carbocycles. The average molecular weight is 881 g/mol. The van der Waals surface area contributed by atoms with Crippen LogP contribution in [0.1, 0.15) is 149 Å². The van der Waals surface area contributed by atoms with Gasteiger partial charge in [0.25, 0.3) is 0 Å². The van der Waals surface area contributed by atoms with Crippen LogP contribution in [0.4, 0.5) is 11.4 Å². The molecule has 11 nitrogen and oxygen atoms in total. The molecule has 0 atom stereocenters. The molecule has 0 saturated carbocycles. The molecule has 0 saturated heterocycles. The van der Waals surface area contributed by atoms with Gasteiger partial charge in [-0.3, -0.25) is 0 Å². The van der Waals surface area contributed by atoms with Crippen LogP contribution in [-0.4, -0.2) is 40.7 Å². The third kappa shape index (κ3) is 14.4. The van der Waals surface area contributed by atoms with Crippen molar-refractivity contribution in [3.8, 4) is 17.2 Å². The number of azo groups is 1. The Bertz CT molecular complexity index is 2420. The standard InChI is InChI=1S/C54H62N3O8/c1-6-7-8-9-10-11-12-13-14-15-16-17-34-62-46-32-27-45(28-33-46)56-55-44-25-20-40(21-26-44)50(58)64-48-31-22-39-18-19-42(35-43(39)36-48)52(60)63-47-29-23-41(24-30-47)51(59)65-49-37-53(2,3)57(61)54(4,5)38-49/h18-33,35-37H,6-17,34,38H2,1-5H3. The first-order valence-corrected chi connectivity index (χ1v) is 23.0. The average Bonchev–Trinajstić information content (AvgIpc) is 3.29. The number of rotatable bonds is 22. The lowest BCUT2D eigenvalue weighted by Gasteiger charge is -2.44. The molecule has 0 N–H and O–H groups in total. The second-order valence-electron chi connectivity index (χ2n) is 17.9. The number of hydrogen-bond donors (Lipinski definition) is 0. The van der Waals surface area contributed by atoms with Crippen molar-refractivity contribution >= 4 is 40.1 Å². The van der Waals surface area contributed by atoms with E-state index in [2.05, 4.69) is 17.2 Å². The summed E-state index contributed by atoms with van der Waals surface area (Å²) in [4.78, 5) is 39.2. The van der Waals surface area contributed by atoms with Crippen molar-refractivity contribution in [2.45, 2.75) is 129 Å². The summed E-state index contributed by atoms with van der Waals surface area (Å²) in [6, 6.07) is 30.5. The molecule has 0 unspecified atom stereocenters. The topological polar surface area (TPSA) is 136 Å². The molecule has 0 bridgehead atoms. The molecule has 11 heteroatoms. The summed E-state index contributed by atoms with van der Waals surface area (Å²) >= 11 is 0. The van der Waals surface area contributed by atoms with Crippen LogP contribution in [-0.2, 0) is 9.94 Å². The quantitative estimate of drug-likeness (QED) is 0.0290. The van der Waals surface area contributed by atoms with E-state index in [1.54, 1.807) is 80.6 Å². The lowest BCUT2D eigenvalue weighted by atomic mass is 9.86. The van der Waals surface area contributed by atoms with Crippen LogP contribution in [0.2, 0.25) is 0 Å². The fourth-order valence-electron chi connectivity index (χ4n) is 7.95. The van der Waals surface area contributed by atoms with Gasteiger partial charge in [-0.05, 0) is 148 Å². The third-order valence-electron chi connectivity index (χ3n) is 11.5. The summed E-state index contributed by atoms with van der Waals surface area (Å²) in [6.45, 7) is 10.1. The van der Waals surface area contributed by atoms with Crippen LogP contribution in [0.5, 0.6) is 17.2 Å². The molecular formula is C54H62N3O8. The Hall–Kier alpha value is -6.17.